The maximum atomic E-state index is 12.1. The molecule has 0 fully saturated rings. The van der Waals surface area contributed by atoms with Crippen molar-refractivity contribution in [3.8, 4) is 0 Å². The first-order chi connectivity index (χ1) is 12.5. The summed E-state index contributed by atoms with van der Waals surface area (Å²) in [5.74, 6) is -1.50. The van der Waals surface area contributed by atoms with Crippen LogP contribution in [-0.2, 0) is 19.1 Å². The molecule has 1 rings (SSSR count). The summed E-state index contributed by atoms with van der Waals surface area (Å²) in [6, 6.07) is 6.18. The first-order valence-corrected chi connectivity index (χ1v) is 8.21. The average molecular weight is 379 g/mol. The zero-order valence-corrected chi connectivity index (χ0v) is 16.1. The monoisotopic (exact) mass is 379 g/mol. The highest BCUT2D eigenvalue weighted by atomic mass is 16.6. The Kier molecular flexibility index (Phi) is 7.77. The number of benzene rings is 1. The first-order valence-electron chi connectivity index (χ1n) is 8.21. The van der Waals surface area contributed by atoms with Gasteiger partial charge in [0.25, 0.3) is 5.91 Å². The molecule has 0 heterocycles. The summed E-state index contributed by atoms with van der Waals surface area (Å²) in [6.07, 6.45) is -0.617. The molecule has 1 aromatic carbocycles. The van der Waals surface area contributed by atoms with Gasteiger partial charge in [0.1, 0.15) is 18.7 Å². The third-order valence-electron chi connectivity index (χ3n) is 3.12. The minimum atomic E-state index is -0.659. The molecule has 0 aliphatic carbocycles. The molecule has 27 heavy (non-hydrogen) atoms. The van der Waals surface area contributed by atoms with E-state index in [4.69, 9.17) is 4.74 Å². The molecule has 0 saturated carbocycles. The molecule has 0 spiro atoms. The number of likely N-dealkylation sites (N-methyl/N-ethyl adjacent to an activating group) is 1. The number of methoxy groups -OCH3 is 1. The van der Waals surface area contributed by atoms with Gasteiger partial charge in [0.2, 0.25) is 5.91 Å². The molecule has 0 bridgehead atoms. The van der Waals surface area contributed by atoms with E-state index < -0.39 is 29.5 Å². The number of carbonyl (C=O) groups is 4. The van der Waals surface area contributed by atoms with Crippen molar-refractivity contribution >= 4 is 29.6 Å². The number of nitrogens with zero attached hydrogens (tertiary/aromatic N) is 1. The Morgan fingerprint density at radius 1 is 1.15 bits per heavy atom. The predicted octanol–water partition coefficient (Wildman–Crippen LogP) is 1.39. The van der Waals surface area contributed by atoms with Gasteiger partial charge in [-0.1, -0.05) is 6.07 Å². The highest BCUT2D eigenvalue weighted by Gasteiger charge is 2.21. The van der Waals surface area contributed by atoms with Gasteiger partial charge in [-0.25, -0.2) is 4.79 Å². The Labute approximate surface area is 158 Å². The molecule has 0 atom stereocenters. The summed E-state index contributed by atoms with van der Waals surface area (Å²) in [6.45, 7) is 4.72. The molecule has 0 unspecified atom stereocenters. The fourth-order valence-corrected chi connectivity index (χ4v) is 1.89. The zero-order valence-electron chi connectivity index (χ0n) is 16.1. The van der Waals surface area contributed by atoms with Crippen molar-refractivity contribution in [1.82, 2.24) is 10.2 Å². The number of hydrogen-bond donors (Lipinski definition) is 2. The second-order valence-electron chi connectivity index (χ2n) is 6.72. The lowest BCUT2D eigenvalue weighted by molar-refractivity contribution is -0.139. The molecule has 1 aromatic rings. The van der Waals surface area contributed by atoms with Gasteiger partial charge in [-0.15, -0.1) is 0 Å². The van der Waals surface area contributed by atoms with Crippen LogP contribution in [0.4, 0.5) is 10.5 Å². The highest BCUT2D eigenvalue weighted by Crippen LogP contribution is 2.12. The first kappa shape index (κ1) is 21.9. The van der Waals surface area contributed by atoms with E-state index in [0.29, 0.717) is 5.69 Å². The molecular formula is C18H25N3O6. The van der Waals surface area contributed by atoms with Crippen LogP contribution in [0.2, 0.25) is 0 Å². The maximum Gasteiger partial charge on any atom is 0.410 e. The summed E-state index contributed by atoms with van der Waals surface area (Å²) in [5, 5.41) is 5.01. The molecule has 148 valence electrons. The molecule has 9 nitrogen and oxygen atoms in total. The summed E-state index contributed by atoms with van der Waals surface area (Å²) in [7, 11) is 2.67. The van der Waals surface area contributed by atoms with Crippen LogP contribution in [0.25, 0.3) is 0 Å². The van der Waals surface area contributed by atoms with Crippen molar-refractivity contribution in [3.63, 3.8) is 0 Å². The molecular weight excluding hydrogens is 354 g/mol. The minimum absolute atomic E-state index is 0.215. The van der Waals surface area contributed by atoms with E-state index in [0.717, 1.165) is 4.90 Å². The standard InChI is InChI=1S/C18H25N3O6/c1-18(2,3)27-17(25)21(4)11-14(22)20-13-8-6-7-12(9-13)16(24)19-10-15(23)26-5/h6-9H,10-11H2,1-5H3,(H,19,24)(H,20,22). The van der Waals surface area contributed by atoms with Gasteiger partial charge < -0.3 is 25.0 Å². The van der Waals surface area contributed by atoms with Crippen molar-refractivity contribution in [2.75, 3.05) is 32.6 Å². The molecule has 3 amide bonds. The van der Waals surface area contributed by atoms with E-state index in [1.807, 2.05) is 0 Å². The molecule has 0 aliphatic heterocycles. The number of carbonyl (C=O) groups excluding carboxylic acids is 4. The smallest absolute Gasteiger partial charge is 0.410 e. The van der Waals surface area contributed by atoms with E-state index in [1.54, 1.807) is 32.9 Å². The molecule has 0 radical (unpaired) electrons. The van der Waals surface area contributed by atoms with Crippen LogP contribution < -0.4 is 10.6 Å². The van der Waals surface area contributed by atoms with Crippen molar-refractivity contribution in [1.29, 1.82) is 0 Å². The van der Waals surface area contributed by atoms with Crippen molar-refractivity contribution in [3.05, 3.63) is 29.8 Å². The van der Waals surface area contributed by atoms with Crippen molar-refractivity contribution in [2.24, 2.45) is 0 Å². The van der Waals surface area contributed by atoms with E-state index in [-0.39, 0.29) is 18.7 Å². The average Bonchev–Trinajstić information content (AvgIpc) is 2.57. The summed E-state index contributed by atoms with van der Waals surface area (Å²) in [5.41, 5.74) is -0.0197. The number of rotatable bonds is 6. The summed E-state index contributed by atoms with van der Waals surface area (Å²) < 4.78 is 9.62. The van der Waals surface area contributed by atoms with Gasteiger partial charge in [-0.2, -0.15) is 0 Å². The lowest BCUT2D eigenvalue weighted by atomic mass is 10.2. The normalized spacial score (nSPS) is 10.6. The topological polar surface area (TPSA) is 114 Å². The van der Waals surface area contributed by atoms with Crippen LogP contribution in [0.15, 0.2) is 24.3 Å². The van der Waals surface area contributed by atoms with Crippen LogP contribution in [0.1, 0.15) is 31.1 Å². The lowest BCUT2D eigenvalue weighted by Gasteiger charge is -2.24. The van der Waals surface area contributed by atoms with E-state index in [9.17, 15) is 19.2 Å². The largest absolute Gasteiger partial charge is 0.468 e. The number of hydrogen-bond acceptors (Lipinski definition) is 6. The summed E-state index contributed by atoms with van der Waals surface area (Å²) in [4.78, 5) is 48.2. The zero-order chi connectivity index (χ0) is 20.6. The number of nitrogens with one attached hydrogen (secondary N) is 2. The van der Waals surface area contributed by atoms with E-state index in [1.165, 1.54) is 26.3 Å². The Bertz CT molecular complexity index is 711. The van der Waals surface area contributed by atoms with E-state index in [2.05, 4.69) is 15.4 Å². The molecule has 0 aliphatic rings. The highest BCUT2D eigenvalue weighted by molar-refractivity contribution is 5.99. The van der Waals surface area contributed by atoms with Gasteiger partial charge in [0, 0.05) is 18.3 Å². The van der Waals surface area contributed by atoms with Gasteiger partial charge in [-0.3, -0.25) is 14.4 Å². The van der Waals surface area contributed by atoms with E-state index >= 15 is 0 Å². The quantitative estimate of drug-likeness (QED) is 0.722. The van der Waals surface area contributed by atoms with Crippen LogP contribution in [-0.4, -0.2) is 61.6 Å². The van der Waals surface area contributed by atoms with Gasteiger partial charge in [0.05, 0.1) is 7.11 Å². The van der Waals surface area contributed by atoms with Gasteiger partial charge in [-0.05, 0) is 39.0 Å². The van der Waals surface area contributed by atoms with Gasteiger partial charge in [0.15, 0.2) is 0 Å². The summed E-state index contributed by atoms with van der Waals surface area (Å²) >= 11 is 0. The molecule has 0 aromatic heterocycles. The Hall–Kier alpha value is -3.10. The second-order valence-corrected chi connectivity index (χ2v) is 6.72. The fraction of sp³-hybridized carbons (Fsp3) is 0.444. The lowest BCUT2D eigenvalue weighted by Crippen LogP contribution is -2.38. The Morgan fingerprint density at radius 2 is 1.81 bits per heavy atom. The van der Waals surface area contributed by atoms with Crippen LogP contribution in [0, 0.1) is 0 Å². The molecule has 0 saturated heterocycles. The third kappa shape index (κ3) is 8.21. The number of anilines is 1. The predicted molar refractivity (Wildman–Crippen MR) is 98.3 cm³/mol. The maximum absolute atomic E-state index is 12.1. The second kappa shape index (κ2) is 9.56. The number of amides is 3. The SMILES string of the molecule is COC(=O)CNC(=O)c1cccc(NC(=O)CN(C)C(=O)OC(C)(C)C)c1. The van der Waals surface area contributed by atoms with Crippen LogP contribution in [0.3, 0.4) is 0 Å². The Balaban J connectivity index is 2.63. The minimum Gasteiger partial charge on any atom is -0.468 e. The van der Waals surface area contributed by atoms with Crippen LogP contribution in [0.5, 0.6) is 0 Å². The van der Waals surface area contributed by atoms with Crippen LogP contribution >= 0.6 is 0 Å². The third-order valence-corrected chi connectivity index (χ3v) is 3.12. The molecule has 9 heteroatoms. The fourth-order valence-electron chi connectivity index (χ4n) is 1.89. The van der Waals surface area contributed by atoms with Gasteiger partial charge >= 0.3 is 12.1 Å². The van der Waals surface area contributed by atoms with Crippen molar-refractivity contribution < 1.29 is 28.7 Å². The van der Waals surface area contributed by atoms with Crippen molar-refractivity contribution in [2.45, 2.75) is 26.4 Å². The number of esters is 1. The molecule has 2 N–H and O–H groups in total. The number of ether oxygens (including phenoxy) is 2. The Morgan fingerprint density at radius 3 is 2.41 bits per heavy atom.